The second kappa shape index (κ2) is 11.5. The third kappa shape index (κ3) is 7.92. The average Bonchev–Trinajstić information content (AvgIpc) is 3.47. The van der Waals surface area contributed by atoms with E-state index in [1.165, 1.54) is 5.56 Å². The van der Waals surface area contributed by atoms with Gasteiger partial charge in [-0.1, -0.05) is 0 Å². The largest absolute Gasteiger partial charge is 0.490 e. The van der Waals surface area contributed by atoms with Crippen LogP contribution < -0.4 is 4.90 Å². The molecule has 192 valence electrons. The van der Waals surface area contributed by atoms with Gasteiger partial charge in [-0.2, -0.15) is 37.7 Å². The number of amides is 1. The fourth-order valence-corrected chi connectivity index (χ4v) is 4.21. The number of hydrogen-bond donors (Lipinski definition) is 2. The first-order valence-corrected chi connectivity index (χ1v) is 10.7. The van der Waals surface area contributed by atoms with Crippen molar-refractivity contribution in [1.29, 1.82) is 0 Å². The Morgan fingerprint density at radius 3 is 2.00 bits per heavy atom. The van der Waals surface area contributed by atoms with Crippen LogP contribution in [0.5, 0.6) is 0 Å². The Morgan fingerprint density at radius 1 is 1.00 bits per heavy atom. The number of carbonyl (C=O) groups is 3. The van der Waals surface area contributed by atoms with E-state index in [1.807, 2.05) is 22.7 Å². The number of hydrogen-bond acceptors (Lipinski definition) is 6. The minimum Gasteiger partial charge on any atom is -0.475 e. The molecule has 2 atom stereocenters. The van der Waals surface area contributed by atoms with E-state index in [9.17, 15) is 31.1 Å². The number of halogens is 6. The maximum atomic E-state index is 12.4. The van der Waals surface area contributed by atoms with Crippen molar-refractivity contribution >= 4 is 34.9 Å². The van der Waals surface area contributed by atoms with Crippen molar-refractivity contribution in [2.75, 3.05) is 11.4 Å². The van der Waals surface area contributed by atoms with Crippen LogP contribution in [0, 0.1) is 0 Å². The van der Waals surface area contributed by atoms with E-state index in [2.05, 4.69) is 33.5 Å². The lowest BCUT2D eigenvalue weighted by atomic mass is 10.1. The minimum atomic E-state index is -5.08. The molecule has 2 fully saturated rings. The number of fused-ring (bicyclic) bond motifs is 1. The normalized spacial score (nSPS) is 19.8. The van der Waals surface area contributed by atoms with Gasteiger partial charge in [0.1, 0.15) is 0 Å². The number of carboxylic acids is 2. The summed E-state index contributed by atoms with van der Waals surface area (Å²) in [6, 6.07) is 6.86. The smallest absolute Gasteiger partial charge is 0.475 e. The third-order valence-corrected chi connectivity index (χ3v) is 5.68. The Balaban J connectivity index is 0.000000257. The van der Waals surface area contributed by atoms with Crippen LogP contribution in [0.15, 0.2) is 41.4 Å². The van der Waals surface area contributed by atoms with Gasteiger partial charge >= 0.3 is 24.3 Å². The summed E-state index contributed by atoms with van der Waals surface area (Å²) >= 11 is 1.65. The highest BCUT2D eigenvalue weighted by molar-refractivity contribution is 7.08. The molecule has 15 heteroatoms. The molecule has 4 rings (SSSR count). The van der Waals surface area contributed by atoms with Crippen LogP contribution in [0.2, 0.25) is 0 Å². The van der Waals surface area contributed by atoms with Crippen molar-refractivity contribution in [3.05, 3.63) is 46.9 Å². The van der Waals surface area contributed by atoms with Gasteiger partial charge in [-0.05, 0) is 35.6 Å². The van der Waals surface area contributed by atoms with E-state index in [-0.39, 0.29) is 5.91 Å². The van der Waals surface area contributed by atoms with Crippen molar-refractivity contribution in [3.63, 3.8) is 0 Å². The molecule has 0 aliphatic carbocycles. The number of rotatable bonds is 3. The topological polar surface area (TPSA) is 111 Å². The van der Waals surface area contributed by atoms with Gasteiger partial charge in [0.2, 0.25) is 5.91 Å². The van der Waals surface area contributed by atoms with Crippen molar-refractivity contribution in [2.45, 2.75) is 43.8 Å². The summed E-state index contributed by atoms with van der Waals surface area (Å²) in [5, 5.41) is 18.4. The summed E-state index contributed by atoms with van der Waals surface area (Å²) in [5.74, 6) is -5.25. The molecule has 0 bridgehead atoms. The molecule has 0 aromatic carbocycles. The highest BCUT2D eigenvalue weighted by Crippen LogP contribution is 2.37. The van der Waals surface area contributed by atoms with Gasteiger partial charge in [-0.25, -0.2) is 9.59 Å². The van der Waals surface area contributed by atoms with Gasteiger partial charge in [0.25, 0.3) is 0 Å². The lowest BCUT2D eigenvalue weighted by Crippen LogP contribution is -2.36. The van der Waals surface area contributed by atoms with Gasteiger partial charge in [0.15, 0.2) is 0 Å². The minimum absolute atomic E-state index is 0.267. The summed E-state index contributed by atoms with van der Waals surface area (Å²) in [7, 11) is 0. The Bertz CT molecular complexity index is 977. The molecule has 0 unspecified atom stereocenters. The molecule has 0 spiro atoms. The molecule has 8 nitrogen and oxygen atoms in total. The predicted octanol–water partition coefficient (Wildman–Crippen LogP) is 3.79. The maximum absolute atomic E-state index is 12.4. The fourth-order valence-electron chi connectivity index (χ4n) is 3.58. The van der Waals surface area contributed by atoms with E-state index in [0.29, 0.717) is 18.5 Å². The molecule has 35 heavy (non-hydrogen) atoms. The first-order chi connectivity index (χ1) is 16.2. The summed E-state index contributed by atoms with van der Waals surface area (Å²) in [6.45, 7) is 1.97. The van der Waals surface area contributed by atoms with Crippen molar-refractivity contribution < 1.29 is 50.9 Å². The van der Waals surface area contributed by atoms with Crippen LogP contribution >= 0.6 is 11.3 Å². The molecule has 1 amide bonds. The zero-order valence-corrected chi connectivity index (χ0v) is 18.5. The molecule has 0 radical (unpaired) electrons. The monoisotopic (exact) mass is 527 g/mol. The zero-order chi connectivity index (χ0) is 26.4. The number of thiophene rings is 1. The molecule has 2 saturated heterocycles. The second-order valence-corrected chi connectivity index (χ2v) is 8.08. The van der Waals surface area contributed by atoms with Crippen LogP contribution in [0.3, 0.4) is 0 Å². The SMILES string of the molecule is O=C(O)C(F)(F)F.O=C(O)C(F)(F)F.O=C1C[C@H]2[C@@H](CCN2Cc2ccncc2)N1c1ccsc1. The number of aliphatic carboxylic acids is 2. The van der Waals surface area contributed by atoms with Crippen molar-refractivity contribution in [2.24, 2.45) is 0 Å². The predicted molar refractivity (Wildman–Crippen MR) is 111 cm³/mol. The molecule has 2 aliphatic rings. The molecule has 2 aromatic heterocycles. The number of alkyl halides is 6. The van der Waals surface area contributed by atoms with Gasteiger partial charge < -0.3 is 15.1 Å². The average molecular weight is 527 g/mol. The lowest BCUT2D eigenvalue weighted by molar-refractivity contribution is -0.193. The number of nitrogens with zero attached hydrogens (tertiary/aromatic N) is 3. The highest BCUT2D eigenvalue weighted by atomic mass is 32.1. The van der Waals surface area contributed by atoms with E-state index in [0.717, 1.165) is 25.2 Å². The zero-order valence-electron chi connectivity index (χ0n) is 17.7. The van der Waals surface area contributed by atoms with Crippen molar-refractivity contribution in [3.8, 4) is 0 Å². The first kappa shape index (κ1) is 28.0. The number of anilines is 1. The van der Waals surface area contributed by atoms with E-state index in [4.69, 9.17) is 19.8 Å². The molecular weight excluding hydrogens is 508 g/mol. The molecule has 0 saturated carbocycles. The lowest BCUT2D eigenvalue weighted by Gasteiger charge is -2.24. The summed E-state index contributed by atoms with van der Waals surface area (Å²) in [6.07, 6.45) is -4.79. The Hall–Kier alpha value is -3.20. The van der Waals surface area contributed by atoms with Gasteiger partial charge in [-0.3, -0.25) is 14.7 Å². The summed E-state index contributed by atoms with van der Waals surface area (Å²) < 4.78 is 63.5. The number of likely N-dealkylation sites (tertiary alicyclic amines) is 1. The molecular formula is C20H19F6N3O5S. The number of carbonyl (C=O) groups excluding carboxylic acids is 1. The van der Waals surface area contributed by atoms with Crippen LogP contribution in [-0.2, 0) is 20.9 Å². The van der Waals surface area contributed by atoms with Crippen molar-refractivity contribution in [1.82, 2.24) is 9.88 Å². The fraction of sp³-hybridized carbons (Fsp3) is 0.400. The van der Waals surface area contributed by atoms with E-state index in [1.54, 1.807) is 11.3 Å². The number of carboxylic acid groups (broad SMARTS) is 2. The van der Waals surface area contributed by atoms with Crippen LogP contribution in [0.1, 0.15) is 18.4 Å². The summed E-state index contributed by atoms with van der Waals surface area (Å²) in [5.41, 5.74) is 2.34. The second-order valence-electron chi connectivity index (χ2n) is 7.30. The van der Waals surface area contributed by atoms with Crippen LogP contribution in [0.4, 0.5) is 32.0 Å². The Labute approximate surface area is 198 Å². The molecule has 4 heterocycles. The van der Waals surface area contributed by atoms with Gasteiger partial charge in [0, 0.05) is 43.3 Å². The van der Waals surface area contributed by atoms with E-state index >= 15 is 0 Å². The first-order valence-electron chi connectivity index (χ1n) is 9.79. The summed E-state index contributed by atoms with van der Waals surface area (Å²) in [4.78, 5) is 38.7. The van der Waals surface area contributed by atoms with Crippen LogP contribution in [-0.4, -0.2) is 68.9 Å². The third-order valence-electron chi connectivity index (χ3n) is 5.01. The van der Waals surface area contributed by atoms with E-state index < -0.39 is 24.3 Å². The standard InChI is InChI=1S/C16H17N3OS.2C2HF3O2/c20-16-9-15-14(19(16)13-4-8-21-11-13)3-7-18(15)10-12-1-5-17-6-2-12;2*3-2(4,5)1(6)7/h1-2,4-6,8,11,14-15H,3,7,9-10H2;2*(H,6,7)/t14-,15+;;/m1../s1. The van der Waals surface area contributed by atoms with Crippen LogP contribution in [0.25, 0.3) is 0 Å². The molecule has 2 aromatic rings. The maximum Gasteiger partial charge on any atom is 0.490 e. The quantitative estimate of drug-likeness (QED) is 0.585. The van der Waals surface area contributed by atoms with Gasteiger partial charge in [-0.15, -0.1) is 0 Å². The Morgan fingerprint density at radius 2 is 1.54 bits per heavy atom. The highest BCUT2D eigenvalue weighted by Gasteiger charge is 2.47. The number of pyridine rings is 1. The van der Waals surface area contributed by atoms with Gasteiger partial charge in [0.05, 0.1) is 11.7 Å². The molecule has 2 aliphatic heterocycles. The number of aromatic nitrogens is 1. The Kier molecular flexibility index (Phi) is 9.20. The molecule has 2 N–H and O–H groups in total.